The van der Waals surface area contributed by atoms with E-state index in [1.165, 1.54) is 0 Å². The van der Waals surface area contributed by atoms with Gasteiger partial charge in [0, 0.05) is 6.20 Å². The van der Waals surface area contributed by atoms with Gasteiger partial charge in [-0.05, 0) is 19.1 Å². The van der Waals surface area contributed by atoms with Gasteiger partial charge < -0.3 is 4.74 Å². The van der Waals surface area contributed by atoms with Crippen molar-refractivity contribution in [3.05, 3.63) is 29.6 Å². The summed E-state index contributed by atoms with van der Waals surface area (Å²) in [6.07, 6.45) is -3.72. The molecular weight excluding hydrogens is 291 g/mol. The highest BCUT2D eigenvalue weighted by Crippen LogP contribution is 2.27. The summed E-state index contributed by atoms with van der Waals surface area (Å²) in [5.41, 5.74) is -1.12. The lowest BCUT2D eigenvalue weighted by Gasteiger charge is -2.06. The number of carbonyl (C=O) groups excluding carboxylic acids is 1. The van der Waals surface area contributed by atoms with Gasteiger partial charge in [0.15, 0.2) is 0 Å². The Morgan fingerprint density at radius 2 is 2.19 bits per heavy atom. The van der Waals surface area contributed by atoms with E-state index in [4.69, 9.17) is 4.74 Å². The molecule has 21 heavy (non-hydrogen) atoms. The lowest BCUT2D eigenvalue weighted by Crippen LogP contribution is -2.15. The highest BCUT2D eigenvalue weighted by atomic mass is 19.4. The van der Waals surface area contributed by atoms with E-state index in [0.29, 0.717) is 6.61 Å². The van der Waals surface area contributed by atoms with E-state index in [0.717, 1.165) is 18.3 Å². The fourth-order valence-corrected chi connectivity index (χ4v) is 1.37. The van der Waals surface area contributed by atoms with Gasteiger partial charge in [0.1, 0.15) is 5.69 Å². The van der Waals surface area contributed by atoms with E-state index in [9.17, 15) is 18.0 Å². The molecule has 2 aromatic heterocycles. The maximum Gasteiger partial charge on any atom is 0.433 e. The molecule has 2 heterocycles. The minimum absolute atomic E-state index is 0.0170. The zero-order valence-electron chi connectivity index (χ0n) is 10.7. The predicted octanol–water partition coefficient (Wildman–Crippen LogP) is 1.87. The first-order valence-corrected chi connectivity index (χ1v) is 5.80. The number of carbonyl (C=O) groups is 1. The van der Waals surface area contributed by atoms with Crippen molar-refractivity contribution < 1.29 is 22.7 Å². The summed E-state index contributed by atoms with van der Waals surface area (Å²) in [4.78, 5) is 18.8. The summed E-state index contributed by atoms with van der Waals surface area (Å²) >= 11 is 0. The van der Waals surface area contributed by atoms with Crippen LogP contribution in [0.2, 0.25) is 0 Å². The number of pyridine rings is 1. The van der Waals surface area contributed by atoms with Crippen LogP contribution in [0.4, 0.5) is 19.1 Å². The Bertz CT molecular complexity index is 624. The van der Waals surface area contributed by atoms with E-state index < -0.39 is 17.8 Å². The van der Waals surface area contributed by atoms with Crippen molar-refractivity contribution in [2.45, 2.75) is 13.1 Å². The number of halogens is 3. The summed E-state index contributed by atoms with van der Waals surface area (Å²) in [7, 11) is 0. The lowest BCUT2D eigenvalue weighted by molar-refractivity contribution is -0.141. The van der Waals surface area contributed by atoms with Crippen molar-refractivity contribution in [2.24, 2.45) is 0 Å². The highest BCUT2D eigenvalue weighted by Gasteiger charge is 2.32. The Labute approximate surface area is 116 Å². The number of aromatic amines is 1. The van der Waals surface area contributed by atoms with Gasteiger partial charge in [0.05, 0.1) is 12.2 Å². The smallest absolute Gasteiger partial charge is 0.433 e. The van der Waals surface area contributed by atoms with Gasteiger partial charge in [-0.15, -0.1) is 5.10 Å². The third-order valence-electron chi connectivity index (χ3n) is 2.29. The zero-order chi connectivity index (χ0) is 15.5. The molecule has 0 aliphatic heterocycles. The maximum atomic E-state index is 12.3. The monoisotopic (exact) mass is 301 g/mol. The molecule has 0 fully saturated rings. The lowest BCUT2D eigenvalue weighted by atomic mass is 10.2. The molecule has 2 N–H and O–H groups in total. The van der Waals surface area contributed by atoms with E-state index in [-0.39, 0.29) is 17.5 Å². The second-order valence-electron chi connectivity index (χ2n) is 3.78. The van der Waals surface area contributed by atoms with Crippen molar-refractivity contribution in [3.8, 4) is 6.01 Å². The van der Waals surface area contributed by atoms with Gasteiger partial charge in [-0.25, -0.2) is 5.10 Å². The first-order chi connectivity index (χ1) is 9.90. The molecule has 0 radical (unpaired) electrons. The van der Waals surface area contributed by atoms with Crippen molar-refractivity contribution in [2.75, 3.05) is 11.9 Å². The standard InChI is InChI=1S/C11H10F3N5O2/c1-2-21-10-17-9(18-19-10)16-8(20)6-3-4-7(15-5-6)11(12,13)14/h3-5H,2H2,1H3,(H2,16,17,18,19,20). The zero-order valence-corrected chi connectivity index (χ0v) is 10.7. The number of aromatic nitrogens is 4. The molecule has 2 rings (SSSR count). The third-order valence-corrected chi connectivity index (χ3v) is 2.29. The van der Waals surface area contributed by atoms with Gasteiger partial charge in [-0.2, -0.15) is 18.2 Å². The van der Waals surface area contributed by atoms with Gasteiger partial charge >= 0.3 is 12.2 Å². The van der Waals surface area contributed by atoms with Gasteiger partial charge in [-0.1, -0.05) is 0 Å². The number of anilines is 1. The van der Waals surface area contributed by atoms with E-state index in [1.54, 1.807) is 6.92 Å². The first-order valence-electron chi connectivity index (χ1n) is 5.80. The van der Waals surface area contributed by atoms with Crippen molar-refractivity contribution in [3.63, 3.8) is 0 Å². The number of amides is 1. The molecule has 0 aliphatic rings. The number of nitrogens with one attached hydrogen (secondary N) is 2. The molecule has 0 saturated carbocycles. The Hall–Kier alpha value is -2.65. The number of H-pyrrole nitrogens is 1. The second kappa shape index (κ2) is 5.77. The molecule has 7 nitrogen and oxygen atoms in total. The summed E-state index contributed by atoms with van der Waals surface area (Å²) < 4.78 is 42.0. The number of hydrogen-bond acceptors (Lipinski definition) is 5. The van der Waals surface area contributed by atoms with E-state index >= 15 is 0 Å². The van der Waals surface area contributed by atoms with Crippen LogP contribution in [0, 0.1) is 0 Å². The number of rotatable bonds is 4. The topological polar surface area (TPSA) is 92.8 Å². The predicted molar refractivity (Wildman–Crippen MR) is 64.7 cm³/mol. The van der Waals surface area contributed by atoms with Crippen LogP contribution in [0.3, 0.4) is 0 Å². The third kappa shape index (κ3) is 3.68. The normalized spacial score (nSPS) is 11.2. The van der Waals surface area contributed by atoms with Gasteiger partial charge in [-0.3, -0.25) is 15.1 Å². The van der Waals surface area contributed by atoms with Crippen LogP contribution >= 0.6 is 0 Å². The molecular formula is C11H10F3N5O2. The number of alkyl halides is 3. The van der Waals surface area contributed by atoms with Crippen LogP contribution in [-0.4, -0.2) is 32.7 Å². The fraction of sp³-hybridized carbons (Fsp3) is 0.273. The minimum atomic E-state index is -4.55. The summed E-state index contributed by atoms with van der Waals surface area (Å²) in [6.45, 7) is 2.09. The van der Waals surface area contributed by atoms with Crippen LogP contribution in [0.1, 0.15) is 23.0 Å². The second-order valence-corrected chi connectivity index (χ2v) is 3.78. The molecule has 10 heteroatoms. The molecule has 0 saturated heterocycles. The minimum Gasteiger partial charge on any atom is -0.463 e. The highest BCUT2D eigenvalue weighted by molar-refractivity contribution is 6.03. The Kier molecular flexibility index (Phi) is 4.05. The van der Waals surface area contributed by atoms with Crippen molar-refractivity contribution in [1.82, 2.24) is 20.2 Å². The summed E-state index contributed by atoms with van der Waals surface area (Å²) in [5.74, 6) is -0.654. The quantitative estimate of drug-likeness (QED) is 0.899. The van der Waals surface area contributed by atoms with E-state index in [2.05, 4.69) is 25.5 Å². The summed E-state index contributed by atoms with van der Waals surface area (Å²) in [6, 6.07) is 1.80. The largest absolute Gasteiger partial charge is 0.463 e. The van der Waals surface area contributed by atoms with E-state index in [1.807, 2.05) is 0 Å². The Balaban J connectivity index is 2.06. The van der Waals surface area contributed by atoms with Crippen LogP contribution < -0.4 is 10.1 Å². The van der Waals surface area contributed by atoms with Crippen molar-refractivity contribution >= 4 is 11.9 Å². The average molecular weight is 301 g/mol. The molecule has 2 aromatic rings. The molecule has 0 atom stereocenters. The van der Waals surface area contributed by atoms with Crippen molar-refractivity contribution in [1.29, 1.82) is 0 Å². The summed E-state index contributed by atoms with van der Waals surface area (Å²) in [5, 5.41) is 8.40. The van der Waals surface area contributed by atoms with Gasteiger partial charge in [0.2, 0.25) is 5.95 Å². The molecule has 0 aromatic carbocycles. The molecule has 112 valence electrons. The van der Waals surface area contributed by atoms with Gasteiger partial charge in [0.25, 0.3) is 5.91 Å². The van der Waals surface area contributed by atoms with Crippen LogP contribution in [-0.2, 0) is 6.18 Å². The Morgan fingerprint density at radius 1 is 1.43 bits per heavy atom. The number of hydrogen-bond donors (Lipinski definition) is 2. The molecule has 0 bridgehead atoms. The fourth-order valence-electron chi connectivity index (χ4n) is 1.37. The van der Waals surface area contributed by atoms with Crippen LogP contribution in [0.15, 0.2) is 18.3 Å². The number of nitrogens with zero attached hydrogens (tertiary/aromatic N) is 3. The molecule has 1 amide bonds. The Morgan fingerprint density at radius 3 is 2.76 bits per heavy atom. The average Bonchev–Trinajstić information content (AvgIpc) is 2.86. The SMILES string of the molecule is CCOc1n[nH]c(NC(=O)c2ccc(C(F)(F)F)nc2)n1. The maximum absolute atomic E-state index is 12.3. The van der Waals surface area contributed by atoms with Crippen LogP contribution in [0.5, 0.6) is 6.01 Å². The molecule has 0 aliphatic carbocycles. The molecule has 0 unspecified atom stereocenters. The first kappa shape index (κ1) is 14.8. The number of ether oxygens (including phenoxy) is 1. The molecule has 0 spiro atoms. The van der Waals surface area contributed by atoms with Crippen LogP contribution in [0.25, 0.3) is 0 Å².